The number of anilines is 2. The Labute approximate surface area is 253 Å². The summed E-state index contributed by atoms with van der Waals surface area (Å²) in [6.07, 6.45) is 3.04. The van der Waals surface area contributed by atoms with Crippen molar-refractivity contribution in [3.8, 4) is 17.1 Å². The van der Waals surface area contributed by atoms with E-state index in [4.69, 9.17) is 27.1 Å². The molecule has 4 aliphatic rings. The molecule has 3 N–H and O–H groups in total. The van der Waals surface area contributed by atoms with Gasteiger partial charge in [-0.25, -0.2) is 22.5 Å². The van der Waals surface area contributed by atoms with Crippen LogP contribution in [-0.4, -0.2) is 76.4 Å². The van der Waals surface area contributed by atoms with Crippen molar-refractivity contribution in [1.29, 1.82) is 0 Å². The van der Waals surface area contributed by atoms with E-state index in [0.717, 1.165) is 56.7 Å². The Morgan fingerprint density at radius 2 is 1.86 bits per heavy atom. The first-order chi connectivity index (χ1) is 20.7. The molecule has 0 radical (unpaired) electrons. The maximum absolute atomic E-state index is 16.7. The molecule has 2 bridgehead atoms. The van der Waals surface area contributed by atoms with E-state index in [1.54, 1.807) is 0 Å². The monoisotopic (exact) mass is 633 g/mol. The molecule has 2 unspecified atom stereocenters. The summed E-state index contributed by atoms with van der Waals surface area (Å²) in [6, 6.07) is 2.43. The number of alkyl halides is 1. The van der Waals surface area contributed by atoms with E-state index < -0.39 is 29.2 Å². The Morgan fingerprint density at radius 3 is 2.65 bits per heavy atom. The third-order valence-electron chi connectivity index (χ3n) is 9.54. The van der Waals surface area contributed by atoms with Crippen molar-refractivity contribution in [1.82, 2.24) is 25.2 Å². The number of ether oxygens (including phenoxy) is 1. The van der Waals surface area contributed by atoms with Gasteiger partial charge in [-0.2, -0.15) is 9.97 Å². The first-order valence-corrected chi connectivity index (χ1v) is 15.7. The summed E-state index contributed by atoms with van der Waals surface area (Å²) in [4.78, 5) is 17.7. The molecule has 0 amide bonds. The molecule has 2 aromatic heterocycles. The van der Waals surface area contributed by atoms with Crippen molar-refractivity contribution in [3.05, 3.63) is 34.6 Å². The highest BCUT2D eigenvalue weighted by atomic mass is 35.5. The van der Waals surface area contributed by atoms with Crippen LogP contribution in [0.1, 0.15) is 32.1 Å². The Kier molecular flexibility index (Phi) is 6.41. The number of piperazine rings is 1. The summed E-state index contributed by atoms with van der Waals surface area (Å²) in [5, 5.41) is 3.71. The smallest absolute Gasteiger partial charge is 0.319 e. The summed E-state index contributed by atoms with van der Waals surface area (Å²) in [6.45, 7) is 2.82. The predicted molar refractivity (Wildman–Crippen MR) is 158 cm³/mol. The molecular weight excluding hydrogens is 606 g/mol. The highest BCUT2D eigenvalue weighted by Gasteiger charge is 2.49. The van der Waals surface area contributed by atoms with Gasteiger partial charge in [-0.05, 0) is 38.3 Å². The average Bonchev–Trinajstić information content (AvgIpc) is 3.68. The molecule has 4 aliphatic heterocycles. The lowest BCUT2D eigenvalue weighted by atomic mass is 9.95. The second-order valence-electron chi connectivity index (χ2n) is 12.0. The maximum Gasteiger partial charge on any atom is 0.319 e. The van der Waals surface area contributed by atoms with Gasteiger partial charge in [0.2, 0.25) is 0 Å². The van der Waals surface area contributed by atoms with E-state index in [1.165, 1.54) is 6.07 Å². The fourth-order valence-corrected chi connectivity index (χ4v) is 8.72. The van der Waals surface area contributed by atoms with Gasteiger partial charge in [0, 0.05) is 60.7 Å². The summed E-state index contributed by atoms with van der Waals surface area (Å²) in [5.74, 6) is -2.29. The third kappa shape index (κ3) is 4.26. The molecule has 6 heterocycles. The van der Waals surface area contributed by atoms with Crippen LogP contribution < -0.4 is 20.7 Å². The fourth-order valence-electron chi connectivity index (χ4n) is 7.69. The van der Waals surface area contributed by atoms with E-state index in [-0.39, 0.29) is 61.7 Å². The zero-order valence-corrected chi connectivity index (χ0v) is 24.5. The Bertz CT molecular complexity index is 1780. The van der Waals surface area contributed by atoms with E-state index in [9.17, 15) is 8.78 Å². The fraction of sp³-hybridized carbons (Fsp3) is 0.483. The molecule has 2 aromatic carbocycles. The minimum atomic E-state index is -1.02. The molecule has 14 heteroatoms. The molecule has 4 fully saturated rings. The minimum Gasteiger partial charge on any atom is -0.461 e. The number of halogens is 5. The van der Waals surface area contributed by atoms with Gasteiger partial charge in [0.25, 0.3) is 0 Å². The standard InChI is InChI=1S/C29H28ClF4N7OS/c30-17-6-16-23(22(34)20(17)21-18(32)7-19(33)25-24(21)37-27(35)43-25)38-28(39-26(16)41-14-2-3-15(41)10-36-9-14)42-12-29-4-1-5-40(29)11-13(31)8-29/h6-7,13-15,36H,1-5,8-12H2,(H2,35,37)/t13-,14?,15?,29+/m1/s1. The molecule has 8 nitrogen and oxygen atoms in total. The second kappa shape index (κ2) is 10.0. The van der Waals surface area contributed by atoms with Crippen LogP contribution in [0, 0.1) is 17.5 Å². The van der Waals surface area contributed by atoms with E-state index in [2.05, 4.69) is 25.1 Å². The summed E-state index contributed by atoms with van der Waals surface area (Å²) < 4.78 is 67.4. The van der Waals surface area contributed by atoms with Crippen LogP contribution in [0.15, 0.2) is 12.1 Å². The number of rotatable bonds is 5. The molecule has 4 aromatic rings. The van der Waals surface area contributed by atoms with Gasteiger partial charge in [-0.15, -0.1) is 0 Å². The van der Waals surface area contributed by atoms with Crippen molar-refractivity contribution in [2.24, 2.45) is 0 Å². The normalized spacial score (nSPS) is 27.1. The van der Waals surface area contributed by atoms with Gasteiger partial charge >= 0.3 is 6.01 Å². The zero-order chi connectivity index (χ0) is 29.6. The lowest BCUT2D eigenvalue weighted by Crippen LogP contribution is -2.52. The number of aromatic nitrogens is 3. The number of nitrogens with zero attached hydrogens (tertiary/aromatic N) is 5. The van der Waals surface area contributed by atoms with Crippen LogP contribution in [-0.2, 0) is 0 Å². The van der Waals surface area contributed by atoms with E-state index in [0.29, 0.717) is 30.2 Å². The van der Waals surface area contributed by atoms with E-state index >= 15 is 8.78 Å². The van der Waals surface area contributed by atoms with Crippen molar-refractivity contribution < 1.29 is 22.3 Å². The SMILES string of the molecule is Nc1nc2c(-c3c(Cl)cc4c(N5C6CCC5CNC6)nc(OC[C@@]56CCCN5C[C@H](F)C6)nc4c3F)c(F)cc(F)c2s1. The molecule has 0 spiro atoms. The molecule has 43 heavy (non-hydrogen) atoms. The van der Waals surface area contributed by atoms with Crippen LogP contribution >= 0.6 is 22.9 Å². The van der Waals surface area contributed by atoms with Crippen LogP contribution in [0.3, 0.4) is 0 Å². The number of nitrogens with one attached hydrogen (secondary N) is 1. The molecule has 4 saturated heterocycles. The topological polar surface area (TPSA) is 92.4 Å². The van der Waals surface area contributed by atoms with Gasteiger partial charge in [-0.1, -0.05) is 22.9 Å². The summed E-state index contributed by atoms with van der Waals surface area (Å²) in [5.41, 5.74) is 4.56. The summed E-state index contributed by atoms with van der Waals surface area (Å²) in [7, 11) is 0. The zero-order valence-electron chi connectivity index (χ0n) is 23.0. The van der Waals surface area contributed by atoms with Crippen molar-refractivity contribution >= 4 is 55.0 Å². The molecule has 0 aliphatic carbocycles. The summed E-state index contributed by atoms with van der Waals surface area (Å²) >= 11 is 7.55. The molecular formula is C29H28ClF4N7OS. The first-order valence-electron chi connectivity index (χ1n) is 14.5. The second-order valence-corrected chi connectivity index (χ2v) is 13.5. The largest absolute Gasteiger partial charge is 0.461 e. The highest BCUT2D eigenvalue weighted by Crippen LogP contribution is 2.46. The number of nitrogen functional groups attached to an aromatic ring is 1. The molecule has 8 rings (SSSR count). The van der Waals surface area contributed by atoms with Crippen LogP contribution in [0.4, 0.5) is 28.5 Å². The van der Waals surface area contributed by atoms with Crippen molar-refractivity contribution in [2.45, 2.75) is 55.9 Å². The lowest BCUT2D eigenvalue weighted by molar-refractivity contribution is 0.107. The van der Waals surface area contributed by atoms with E-state index in [1.807, 2.05) is 0 Å². The first kappa shape index (κ1) is 27.5. The van der Waals surface area contributed by atoms with Gasteiger partial charge in [0.05, 0.1) is 20.8 Å². The highest BCUT2D eigenvalue weighted by molar-refractivity contribution is 7.22. The van der Waals surface area contributed by atoms with Crippen LogP contribution in [0.25, 0.3) is 32.2 Å². The van der Waals surface area contributed by atoms with Gasteiger partial charge in [0.15, 0.2) is 10.9 Å². The van der Waals surface area contributed by atoms with Crippen LogP contribution in [0.2, 0.25) is 5.02 Å². The van der Waals surface area contributed by atoms with Gasteiger partial charge in [0.1, 0.15) is 35.7 Å². The predicted octanol–water partition coefficient (Wildman–Crippen LogP) is 5.46. The number of nitrogens with two attached hydrogens (primary N) is 1. The van der Waals surface area contributed by atoms with Crippen molar-refractivity contribution in [3.63, 3.8) is 0 Å². The van der Waals surface area contributed by atoms with Gasteiger partial charge < -0.3 is 20.7 Å². The van der Waals surface area contributed by atoms with Gasteiger partial charge in [-0.3, -0.25) is 4.90 Å². The number of thiazole rings is 1. The van der Waals surface area contributed by atoms with Crippen molar-refractivity contribution in [2.75, 3.05) is 43.4 Å². The molecule has 226 valence electrons. The quantitative estimate of drug-likeness (QED) is 0.280. The average molecular weight is 634 g/mol. The third-order valence-corrected chi connectivity index (χ3v) is 10.7. The lowest BCUT2D eigenvalue weighted by Gasteiger charge is -2.37. The number of hydrogen-bond donors (Lipinski definition) is 2. The maximum atomic E-state index is 16.7. The van der Waals surface area contributed by atoms with Crippen LogP contribution in [0.5, 0.6) is 6.01 Å². The number of fused-ring (bicyclic) bond motifs is 5. The number of benzene rings is 2. The molecule has 4 atom stereocenters. The Morgan fingerprint density at radius 1 is 1.07 bits per heavy atom. The Balaban J connectivity index is 1.30. The molecule has 0 saturated carbocycles. The number of hydrogen-bond acceptors (Lipinski definition) is 9. The minimum absolute atomic E-state index is 0.00245. The Hall–Kier alpha value is -3.00.